The maximum absolute atomic E-state index is 13.8. The van der Waals surface area contributed by atoms with Crippen LogP contribution in [0, 0.1) is 17.0 Å². The molecule has 0 N–H and O–H groups in total. The highest BCUT2D eigenvalue weighted by atomic mass is 35.5. The van der Waals surface area contributed by atoms with Gasteiger partial charge in [0, 0.05) is 17.7 Å². The second-order valence-electron chi connectivity index (χ2n) is 3.43. The van der Waals surface area contributed by atoms with E-state index in [0.717, 1.165) is 23.5 Å². The van der Waals surface area contributed by atoms with Crippen molar-refractivity contribution in [3.8, 4) is 16.9 Å². The number of hydrogen-bond donors (Lipinski definition) is 0. The van der Waals surface area contributed by atoms with Gasteiger partial charge < -0.3 is 4.74 Å². The van der Waals surface area contributed by atoms with Gasteiger partial charge in [0.1, 0.15) is 24.0 Å². The van der Waals surface area contributed by atoms with Crippen molar-refractivity contribution in [3.05, 3.63) is 52.2 Å². The van der Waals surface area contributed by atoms with E-state index in [0.29, 0.717) is 9.90 Å². The van der Waals surface area contributed by atoms with Gasteiger partial charge in [-0.05, 0) is 6.07 Å². The molecule has 0 aliphatic rings. The van der Waals surface area contributed by atoms with Crippen LogP contribution in [0.4, 0.5) is 8.78 Å². The predicted octanol–water partition coefficient (Wildman–Crippen LogP) is 4.71. The molecule has 0 saturated heterocycles. The number of thiophene rings is 1. The first kappa shape index (κ1) is 13.1. The smallest absolute Gasteiger partial charge is 0.137 e. The van der Waals surface area contributed by atoms with E-state index in [1.54, 1.807) is 0 Å². The van der Waals surface area contributed by atoms with Gasteiger partial charge in [-0.2, -0.15) is 0 Å². The van der Waals surface area contributed by atoms with Crippen molar-refractivity contribution in [1.29, 1.82) is 0 Å². The summed E-state index contributed by atoms with van der Waals surface area (Å²) in [7, 11) is 0. The highest BCUT2D eigenvalue weighted by Gasteiger charge is 2.15. The third-order valence-corrected chi connectivity index (χ3v) is 3.14. The van der Waals surface area contributed by atoms with Crippen LogP contribution < -0.4 is 4.74 Å². The van der Waals surface area contributed by atoms with Gasteiger partial charge >= 0.3 is 0 Å². The molecule has 0 atom stereocenters. The SMILES string of the molecule is C=CCOc1cc(F)c(-c2[c]sc(Cl)c2)c(F)c1. The molecule has 0 aliphatic heterocycles. The number of hydrogen-bond acceptors (Lipinski definition) is 2. The topological polar surface area (TPSA) is 9.23 Å². The molecule has 5 heteroatoms. The lowest BCUT2D eigenvalue weighted by atomic mass is 10.1. The molecule has 2 rings (SSSR count). The minimum Gasteiger partial charge on any atom is -0.489 e. The van der Waals surface area contributed by atoms with Gasteiger partial charge in [-0.1, -0.05) is 24.3 Å². The molecule has 1 heterocycles. The van der Waals surface area contributed by atoms with Crippen LogP contribution in [0.2, 0.25) is 4.34 Å². The van der Waals surface area contributed by atoms with Crippen molar-refractivity contribution in [1.82, 2.24) is 0 Å². The summed E-state index contributed by atoms with van der Waals surface area (Å²) < 4.78 is 33.2. The van der Waals surface area contributed by atoms with Crippen LogP contribution in [-0.2, 0) is 0 Å². The molecular formula is C13H8ClF2OS. The van der Waals surface area contributed by atoms with E-state index in [4.69, 9.17) is 16.3 Å². The van der Waals surface area contributed by atoms with E-state index in [9.17, 15) is 8.78 Å². The molecular weight excluding hydrogens is 278 g/mol. The quantitative estimate of drug-likeness (QED) is 0.739. The van der Waals surface area contributed by atoms with Crippen LogP contribution in [0.3, 0.4) is 0 Å². The molecule has 0 aliphatic carbocycles. The molecule has 2 aromatic rings. The number of halogens is 3. The van der Waals surface area contributed by atoms with Crippen molar-refractivity contribution < 1.29 is 13.5 Å². The van der Waals surface area contributed by atoms with Crippen LogP contribution in [-0.4, -0.2) is 6.61 Å². The number of benzene rings is 1. The van der Waals surface area contributed by atoms with E-state index in [2.05, 4.69) is 12.0 Å². The summed E-state index contributed by atoms with van der Waals surface area (Å²) >= 11 is 6.82. The van der Waals surface area contributed by atoms with Crippen LogP contribution in [0.15, 0.2) is 30.9 Å². The van der Waals surface area contributed by atoms with Crippen molar-refractivity contribution in [2.45, 2.75) is 0 Å². The van der Waals surface area contributed by atoms with Gasteiger partial charge in [0.15, 0.2) is 0 Å². The predicted molar refractivity (Wildman–Crippen MR) is 69.2 cm³/mol. The summed E-state index contributed by atoms with van der Waals surface area (Å²) in [4.78, 5) is 0. The van der Waals surface area contributed by atoms with Crippen LogP contribution in [0.5, 0.6) is 5.75 Å². The monoisotopic (exact) mass is 285 g/mol. The minimum atomic E-state index is -0.709. The van der Waals surface area contributed by atoms with Crippen molar-refractivity contribution in [2.24, 2.45) is 0 Å². The molecule has 0 spiro atoms. The van der Waals surface area contributed by atoms with Gasteiger partial charge in [-0.25, -0.2) is 8.78 Å². The fraction of sp³-hybridized carbons (Fsp3) is 0.0769. The van der Waals surface area contributed by atoms with Gasteiger partial charge in [-0.3, -0.25) is 0 Å². The molecule has 0 amide bonds. The Balaban J connectivity index is 2.40. The fourth-order valence-electron chi connectivity index (χ4n) is 1.44. The van der Waals surface area contributed by atoms with Gasteiger partial charge in [0.05, 0.1) is 15.3 Å². The van der Waals surface area contributed by atoms with Crippen LogP contribution in [0.25, 0.3) is 11.1 Å². The Kier molecular flexibility index (Phi) is 3.99. The standard InChI is InChI=1S/C13H8ClF2OS/c1-2-3-17-9-5-10(15)13(11(16)6-9)8-4-12(14)18-7-8/h2,4-6H,1,3H2. The van der Waals surface area contributed by atoms with Crippen LogP contribution >= 0.6 is 22.9 Å². The Hall–Kier alpha value is -1.39. The summed E-state index contributed by atoms with van der Waals surface area (Å²) in [5.74, 6) is -1.30. The molecule has 93 valence electrons. The third-order valence-electron chi connectivity index (χ3n) is 2.17. The van der Waals surface area contributed by atoms with Crippen molar-refractivity contribution >= 4 is 22.9 Å². The lowest BCUT2D eigenvalue weighted by Gasteiger charge is -2.07. The second kappa shape index (κ2) is 5.50. The zero-order valence-electron chi connectivity index (χ0n) is 9.17. The Morgan fingerprint density at radius 1 is 1.33 bits per heavy atom. The van der Waals surface area contributed by atoms with Crippen molar-refractivity contribution in [3.63, 3.8) is 0 Å². The van der Waals surface area contributed by atoms with E-state index in [1.807, 2.05) is 0 Å². The van der Waals surface area contributed by atoms with Gasteiger partial charge in [-0.15, -0.1) is 11.3 Å². The molecule has 1 aromatic heterocycles. The lowest BCUT2D eigenvalue weighted by Crippen LogP contribution is -1.96. The Labute approximate surface area is 112 Å². The minimum absolute atomic E-state index is 0.120. The van der Waals surface area contributed by atoms with E-state index in [1.165, 1.54) is 12.1 Å². The average molecular weight is 286 g/mol. The third kappa shape index (κ3) is 2.71. The Morgan fingerprint density at radius 3 is 2.50 bits per heavy atom. The molecule has 18 heavy (non-hydrogen) atoms. The first-order valence-corrected chi connectivity index (χ1v) is 6.21. The molecule has 0 unspecified atom stereocenters. The normalized spacial score (nSPS) is 10.4. The number of rotatable bonds is 4. The molecule has 0 bridgehead atoms. The molecule has 0 fully saturated rings. The summed E-state index contributed by atoms with van der Waals surface area (Å²) in [6, 6.07) is 3.72. The van der Waals surface area contributed by atoms with Crippen molar-refractivity contribution in [2.75, 3.05) is 6.61 Å². The zero-order valence-corrected chi connectivity index (χ0v) is 10.7. The average Bonchev–Trinajstić information content (AvgIpc) is 2.72. The van der Waals surface area contributed by atoms with E-state index >= 15 is 0 Å². The Morgan fingerprint density at radius 2 is 2.00 bits per heavy atom. The first-order chi connectivity index (χ1) is 8.61. The molecule has 1 aromatic carbocycles. The van der Waals surface area contributed by atoms with E-state index < -0.39 is 11.6 Å². The largest absolute Gasteiger partial charge is 0.489 e. The summed E-state index contributed by atoms with van der Waals surface area (Å²) in [5, 5.41) is 2.74. The summed E-state index contributed by atoms with van der Waals surface area (Å²) in [6.07, 6.45) is 1.50. The Bertz CT molecular complexity index is 557. The maximum atomic E-state index is 13.8. The molecule has 1 nitrogen and oxygen atoms in total. The second-order valence-corrected chi connectivity index (χ2v) is 4.91. The van der Waals surface area contributed by atoms with Gasteiger partial charge in [0.25, 0.3) is 0 Å². The molecule has 0 saturated carbocycles. The maximum Gasteiger partial charge on any atom is 0.137 e. The lowest BCUT2D eigenvalue weighted by molar-refractivity contribution is 0.358. The van der Waals surface area contributed by atoms with E-state index in [-0.39, 0.29) is 17.9 Å². The zero-order chi connectivity index (χ0) is 13.1. The summed E-state index contributed by atoms with van der Waals surface area (Å²) in [5.41, 5.74) is 0.152. The first-order valence-electron chi connectivity index (χ1n) is 5.02. The fourth-order valence-corrected chi connectivity index (χ4v) is 2.22. The highest BCUT2D eigenvalue weighted by molar-refractivity contribution is 7.14. The van der Waals surface area contributed by atoms with Crippen LogP contribution in [0.1, 0.15) is 0 Å². The summed E-state index contributed by atoms with van der Waals surface area (Å²) in [6.45, 7) is 3.65. The van der Waals surface area contributed by atoms with Gasteiger partial charge in [0.2, 0.25) is 0 Å². The highest BCUT2D eigenvalue weighted by Crippen LogP contribution is 2.33. The number of ether oxygens (including phenoxy) is 1. The molecule has 1 radical (unpaired) electrons.